The summed E-state index contributed by atoms with van der Waals surface area (Å²) in [6, 6.07) is 13.2. The van der Waals surface area contributed by atoms with Gasteiger partial charge in [0.25, 0.3) is 5.69 Å². The first-order chi connectivity index (χ1) is 11.3. The molecule has 0 aliphatic rings. The van der Waals surface area contributed by atoms with Gasteiger partial charge in [0.05, 0.1) is 26.1 Å². The van der Waals surface area contributed by atoms with Crippen LogP contribution in [0.2, 0.25) is 0 Å². The number of quaternary nitrogens is 1. The number of nitrogens with zero attached hydrogens (tertiary/aromatic N) is 2. The highest BCUT2D eigenvalue weighted by Crippen LogP contribution is 2.19. The molecule has 24 heavy (non-hydrogen) atoms. The quantitative estimate of drug-likeness (QED) is 0.211. The van der Waals surface area contributed by atoms with E-state index < -0.39 is 10.9 Å². The summed E-state index contributed by atoms with van der Waals surface area (Å²) in [6.07, 6.45) is 2.98. The summed E-state index contributed by atoms with van der Waals surface area (Å²) in [4.78, 5) is 21.8. The van der Waals surface area contributed by atoms with Crippen LogP contribution in [0.25, 0.3) is 6.08 Å². The van der Waals surface area contributed by atoms with Crippen molar-refractivity contribution in [2.75, 3.05) is 21.1 Å². The maximum Gasteiger partial charge on any atom is 0.336 e. The van der Waals surface area contributed by atoms with Gasteiger partial charge >= 0.3 is 5.97 Å². The first kappa shape index (κ1) is 17.4. The second-order valence-electron chi connectivity index (χ2n) is 6.11. The molecule has 0 atom stereocenters. The summed E-state index contributed by atoms with van der Waals surface area (Å²) in [5.41, 5.74) is 1.98. The van der Waals surface area contributed by atoms with Crippen LogP contribution in [0.15, 0.2) is 54.6 Å². The molecule has 6 nitrogen and oxygen atoms in total. The molecule has 124 valence electrons. The number of esters is 1. The van der Waals surface area contributed by atoms with Crippen LogP contribution in [-0.4, -0.2) is 32.0 Å². The summed E-state index contributed by atoms with van der Waals surface area (Å²) < 4.78 is 5.81. The fourth-order valence-electron chi connectivity index (χ4n) is 1.98. The number of carbonyl (C=O) groups excluding carboxylic acids is 1. The summed E-state index contributed by atoms with van der Waals surface area (Å²) in [6.45, 7) is 0. The maximum atomic E-state index is 11.8. The Hall–Kier alpha value is -2.99. The zero-order valence-electron chi connectivity index (χ0n) is 13.8. The van der Waals surface area contributed by atoms with Crippen molar-refractivity contribution in [3.63, 3.8) is 0 Å². The Morgan fingerprint density at radius 1 is 1.04 bits per heavy atom. The zero-order valence-corrected chi connectivity index (χ0v) is 13.8. The molecule has 0 aliphatic heterocycles. The number of hydrogen-bond donors (Lipinski definition) is 0. The first-order valence-corrected chi connectivity index (χ1v) is 7.32. The Kier molecular flexibility index (Phi) is 5.11. The molecule has 0 saturated carbocycles. The van der Waals surface area contributed by atoms with Crippen LogP contribution in [0.5, 0.6) is 5.75 Å². The van der Waals surface area contributed by atoms with Crippen LogP contribution in [0.4, 0.5) is 11.4 Å². The average Bonchev–Trinajstić information content (AvgIpc) is 2.53. The number of benzene rings is 2. The van der Waals surface area contributed by atoms with Crippen LogP contribution in [0, 0.1) is 10.1 Å². The highest BCUT2D eigenvalue weighted by Gasteiger charge is 2.10. The second kappa shape index (κ2) is 7.06. The second-order valence-corrected chi connectivity index (χ2v) is 6.11. The van der Waals surface area contributed by atoms with Crippen LogP contribution in [-0.2, 0) is 4.79 Å². The van der Waals surface area contributed by atoms with Crippen molar-refractivity contribution in [1.82, 2.24) is 4.48 Å². The lowest BCUT2D eigenvalue weighted by Gasteiger charge is -2.23. The van der Waals surface area contributed by atoms with Gasteiger partial charge in [-0.05, 0) is 48.0 Å². The number of ether oxygens (including phenoxy) is 1. The van der Waals surface area contributed by atoms with Gasteiger partial charge in [-0.25, -0.2) is 4.79 Å². The van der Waals surface area contributed by atoms with Crippen molar-refractivity contribution in [2.24, 2.45) is 0 Å². The number of nitro groups is 1. The number of rotatable bonds is 5. The highest BCUT2D eigenvalue weighted by atomic mass is 16.6. The lowest BCUT2D eigenvalue weighted by molar-refractivity contribution is -0.384. The van der Waals surface area contributed by atoms with Gasteiger partial charge in [-0.3, -0.25) is 14.6 Å². The maximum absolute atomic E-state index is 11.8. The lowest BCUT2D eigenvalue weighted by atomic mass is 10.2. The number of nitro benzene ring substituents is 1. The normalized spacial score (nSPS) is 11.5. The smallest absolute Gasteiger partial charge is 0.336 e. The lowest BCUT2D eigenvalue weighted by Crippen LogP contribution is -2.34. The fourth-order valence-corrected chi connectivity index (χ4v) is 1.98. The minimum Gasteiger partial charge on any atom is -0.423 e. The monoisotopic (exact) mass is 327 g/mol. The van der Waals surface area contributed by atoms with Gasteiger partial charge in [0.2, 0.25) is 0 Å². The van der Waals surface area contributed by atoms with Crippen molar-refractivity contribution in [2.45, 2.75) is 0 Å². The van der Waals surface area contributed by atoms with E-state index in [9.17, 15) is 14.9 Å². The summed E-state index contributed by atoms with van der Waals surface area (Å²) in [5, 5.41) is 10.6. The molecule has 0 bridgehead atoms. The summed E-state index contributed by atoms with van der Waals surface area (Å²) >= 11 is 0. The van der Waals surface area contributed by atoms with E-state index in [0.717, 1.165) is 11.3 Å². The van der Waals surface area contributed by atoms with E-state index in [1.165, 1.54) is 30.3 Å². The molecule has 0 radical (unpaired) electrons. The van der Waals surface area contributed by atoms with Crippen LogP contribution in [0.1, 0.15) is 5.56 Å². The average molecular weight is 327 g/mol. The van der Waals surface area contributed by atoms with E-state index in [1.807, 2.05) is 24.3 Å². The predicted molar refractivity (Wildman–Crippen MR) is 93.8 cm³/mol. The van der Waals surface area contributed by atoms with E-state index in [4.69, 9.17) is 4.74 Å². The molecule has 0 fully saturated rings. The number of carbonyl (C=O) groups is 1. The van der Waals surface area contributed by atoms with Gasteiger partial charge in [-0.1, -0.05) is 0 Å². The number of hydrogen-bond acceptors (Lipinski definition) is 4. The molecule has 0 aromatic heterocycles. The molecule has 0 amide bonds. The topological polar surface area (TPSA) is 69.4 Å². The van der Waals surface area contributed by atoms with Gasteiger partial charge in [0.1, 0.15) is 11.4 Å². The van der Waals surface area contributed by atoms with Gasteiger partial charge in [-0.15, -0.1) is 0 Å². The molecule has 0 N–H and O–H groups in total. The molecule has 0 saturated heterocycles. The molecule has 0 unspecified atom stereocenters. The van der Waals surface area contributed by atoms with Gasteiger partial charge < -0.3 is 4.74 Å². The molecule has 2 rings (SSSR count). The Morgan fingerprint density at radius 2 is 1.62 bits per heavy atom. The van der Waals surface area contributed by atoms with Crippen molar-refractivity contribution in [3.05, 3.63) is 70.3 Å². The van der Waals surface area contributed by atoms with Crippen molar-refractivity contribution in [3.8, 4) is 5.75 Å². The summed E-state index contributed by atoms with van der Waals surface area (Å²) in [5.74, 6) is -0.282. The minimum absolute atomic E-state index is 0.0531. The third-order valence-corrected chi connectivity index (χ3v) is 3.35. The Morgan fingerprint density at radius 3 is 2.12 bits per heavy atom. The molecule has 0 aliphatic carbocycles. The van der Waals surface area contributed by atoms with Crippen LogP contribution in [0.3, 0.4) is 0 Å². The molecule has 2 aromatic rings. The third-order valence-electron chi connectivity index (χ3n) is 3.35. The van der Waals surface area contributed by atoms with E-state index in [1.54, 1.807) is 6.08 Å². The summed E-state index contributed by atoms with van der Waals surface area (Å²) in [7, 11) is 6.23. The Balaban J connectivity index is 1.98. The van der Waals surface area contributed by atoms with Gasteiger partial charge in [0.15, 0.2) is 0 Å². The largest absolute Gasteiger partial charge is 0.423 e. The Bertz CT molecular complexity index is 757. The minimum atomic E-state index is -0.542. The molecular weight excluding hydrogens is 308 g/mol. The third kappa shape index (κ3) is 4.76. The van der Waals surface area contributed by atoms with E-state index in [0.29, 0.717) is 4.48 Å². The van der Waals surface area contributed by atoms with E-state index in [2.05, 4.69) is 21.1 Å². The molecule has 2 aromatic carbocycles. The first-order valence-electron chi connectivity index (χ1n) is 7.32. The van der Waals surface area contributed by atoms with Crippen molar-refractivity contribution in [1.29, 1.82) is 0 Å². The molecular formula is C18H19N2O4+. The zero-order chi connectivity index (χ0) is 17.7. The van der Waals surface area contributed by atoms with Gasteiger partial charge in [-0.2, -0.15) is 0 Å². The molecule has 0 heterocycles. The van der Waals surface area contributed by atoms with Crippen LogP contribution < -0.4 is 9.22 Å². The standard InChI is InChI=1S/C18H19N2O4/c1-20(2,3)16-9-4-14(5-10-16)6-13-18(21)24-17-11-7-15(8-12-17)19(22)23/h4-13H,1-3H3/q+1/b13-6+. The highest BCUT2D eigenvalue weighted by molar-refractivity contribution is 5.88. The molecule has 6 heteroatoms. The predicted octanol–water partition coefficient (Wildman–Crippen LogP) is 3.41. The Labute approximate surface area is 140 Å². The van der Waals surface area contributed by atoms with Crippen LogP contribution >= 0.6 is 0 Å². The van der Waals surface area contributed by atoms with E-state index in [-0.39, 0.29) is 11.4 Å². The molecule has 0 spiro atoms. The van der Waals surface area contributed by atoms with Crippen molar-refractivity contribution < 1.29 is 14.5 Å². The van der Waals surface area contributed by atoms with E-state index >= 15 is 0 Å². The van der Waals surface area contributed by atoms with Gasteiger partial charge in [0, 0.05) is 18.2 Å². The van der Waals surface area contributed by atoms with Crippen molar-refractivity contribution >= 4 is 23.4 Å². The number of non-ortho nitro benzene ring substituents is 1. The SMILES string of the molecule is C[N+](C)(C)c1ccc(/C=C/C(=O)Oc2ccc([N+](=O)[O-])cc2)cc1. The fraction of sp³-hybridized carbons (Fsp3) is 0.167.